The minimum absolute atomic E-state index is 0.193. The SMILES string of the molecule is CC(C)(C)CCN(C=O)CC(C)(C)C. The van der Waals surface area contributed by atoms with Crippen molar-refractivity contribution in [2.75, 3.05) is 13.1 Å². The number of rotatable bonds is 4. The Balaban J connectivity index is 3.99. The molecule has 0 spiro atoms. The topological polar surface area (TPSA) is 20.3 Å². The van der Waals surface area contributed by atoms with Crippen molar-refractivity contribution in [3.05, 3.63) is 0 Å². The quantitative estimate of drug-likeness (QED) is 0.637. The van der Waals surface area contributed by atoms with Crippen molar-refractivity contribution in [1.82, 2.24) is 4.90 Å². The molecule has 0 radical (unpaired) electrons. The number of carbonyl (C=O) groups is 1. The molecular weight excluding hydrogens is 174 g/mol. The lowest BCUT2D eigenvalue weighted by Crippen LogP contribution is -2.33. The molecule has 2 nitrogen and oxygen atoms in total. The van der Waals surface area contributed by atoms with Gasteiger partial charge in [0.1, 0.15) is 0 Å². The van der Waals surface area contributed by atoms with Crippen LogP contribution in [0.15, 0.2) is 0 Å². The molecule has 0 N–H and O–H groups in total. The molecule has 0 aliphatic carbocycles. The first-order chi connectivity index (χ1) is 6.14. The van der Waals surface area contributed by atoms with Crippen LogP contribution >= 0.6 is 0 Å². The third-order valence-corrected chi connectivity index (χ3v) is 1.98. The molecule has 0 aromatic carbocycles. The molecule has 2 heteroatoms. The molecule has 0 aromatic rings. The Morgan fingerprint density at radius 1 is 1.00 bits per heavy atom. The highest BCUT2D eigenvalue weighted by Crippen LogP contribution is 2.20. The average molecular weight is 199 g/mol. The van der Waals surface area contributed by atoms with Gasteiger partial charge in [-0.05, 0) is 17.3 Å². The van der Waals surface area contributed by atoms with Gasteiger partial charge in [-0.1, -0.05) is 41.5 Å². The molecule has 0 aliphatic rings. The van der Waals surface area contributed by atoms with Gasteiger partial charge in [-0.2, -0.15) is 0 Å². The van der Waals surface area contributed by atoms with E-state index in [9.17, 15) is 4.79 Å². The zero-order chi connectivity index (χ0) is 11.4. The van der Waals surface area contributed by atoms with E-state index in [4.69, 9.17) is 0 Å². The largest absolute Gasteiger partial charge is 0.345 e. The van der Waals surface area contributed by atoms with E-state index < -0.39 is 0 Å². The van der Waals surface area contributed by atoms with E-state index in [0.717, 1.165) is 25.9 Å². The van der Waals surface area contributed by atoms with E-state index in [2.05, 4.69) is 41.5 Å². The molecule has 0 saturated carbocycles. The Bertz CT molecular complexity index is 174. The van der Waals surface area contributed by atoms with Crippen LogP contribution in [0.1, 0.15) is 48.0 Å². The number of amides is 1. The van der Waals surface area contributed by atoms with Gasteiger partial charge in [0.05, 0.1) is 0 Å². The van der Waals surface area contributed by atoms with Gasteiger partial charge in [0.15, 0.2) is 0 Å². The van der Waals surface area contributed by atoms with Crippen molar-refractivity contribution in [3.63, 3.8) is 0 Å². The van der Waals surface area contributed by atoms with Gasteiger partial charge in [0.25, 0.3) is 0 Å². The monoisotopic (exact) mass is 199 g/mol. The molecule has 84 valence electrons. The lowest BCUT2D eigenvalue weighted by molar-refractivity contribution is -0.119. The highest BCUT2D eigenvalue weighted by atomic mass is 16.1. The van der Waals surface area contributed by atoms with Crippen LogP contribution in [0.2, 0.25) is 0 Å². The lowest BCUT2D eigenvalue weighted by atomic mass is 9.91. The van der Waals surface area contributed by atoms with Gasteiger partial charge in [-0.25, -0.2) is 0 Å². The number of hydrogen-bond acceptors (Lipinski definition) is 1. The van der Waals surface area contributed by atoms with E-state index in [1.165, 1.54) is 0 Å². The highest BCUT2D eigenvalue weighted by Gasteiger charge is 2.17. The van der Waals surface area contributed by atoms with Crippen molar-refractivity contribution in [1.29, 1.82) is 0 Å². The van der Waals surface area contributed by atoms with E-state index in [0.29, 0.717) is 5.41 Å². The molecule has 0 bridgehead atoms. The summed E-state index contributed by atoms with van der Waals surface area (Å²) in [7, 11) is 0. The first kappa shape index (κ1) is 13.5. The Morgan fingerprint density at radius 2 is 1.50 bits per heavy atom. The van der Waals surface area contributed by atoms with E-state index in [-0.39, 0.29) is 5.41 Å². The number of nitrogens with zero attached hydrogens (tertiary/aromatic N) is 1. The molecule has 0 unspecified atom stereocenters. The van der Waals surface area contributed by atoms with Gasteiger partial charge in [0, 0.05) is 13.1 Å². The third-order valence-electron chi connectivity index (χ3n) is 1.98. The van der Waals surface area contributed by atoms with Crippen LogP contribution in [0, 0.1) is 10.8 Å². The van der Waals surface area contributed by atoms with Crippen molar-refractivity contribution >= 4 is 6.41 Å². The molecular formula is C12H25NO. The molecule has 14 heavy (non-hydrogen) atoms. The van der Waals surface area contributed by atoms with Gasteiger partial charge in [-0.3, -0.25) is 4.79 Å². The number of carbonyl (C=O) groups excluding carboxylic acids is 1. The molecule has 1 amide bonds. The van der Waals surface area contributed by atoms with E-state index >= 15 is 0 Å². The van der Waals surface area contributed by atoms with Crippen LogP contribution in [-0.2, 0) is 4.79 Å². The molecule has 0 atom stereocenters. The summed E-state index contributed by atoms with van der Waals surface area (Å²) < 4.78 is 0. The van der Waals surface area contributed by atoms with Gasteiger partial charge < -0.3 is 4.90 Å². The second-order valence-corrected chi connectivity index (χ2v) is 6.45. The average Bonchev–Trinajstić information content (AvgIpc) is 1.94. The maximum Gasteiger partial charge on any atom is 0.209 e. The molecule has 0 fully saturated rings. The van der Waals surface area contributed by atoms with Crippen LogP contribution in [0.25, 0.3) is 0 Å². The summed E-state index contributed by atoms with van der Waals surface area (Å²) in [5, 5.41) is 0. The number of hydrogen-bond donors (Lipinski definition) is 0. The zero-order valence-corrected chi connectivity index (χ0v) is 10.6. The van der Waals surface area contributed by atoms with Gasteiger partial charge >= 0.3 is 0 Å². The Labute approximate surface area is 88.7 Å². The van der Waals surface area contributed by atoms with Gasteiger partial charge in [0.2, 0.25) is 6.41 Å². The predicted octanol–water partition coefficient (Wildman–Crippen LogP) is 2.93. The fourth-order valence-electron chi connectivity index (χ4n) is 1.26. The van der Waals surface area contributed by atoms with Crippen molar-refractivity contribution in [2.24, 2.45) is 10.8 Å². The molecule has 0 saturated heterocycles. The molecule has 0 heterocycles. The van der Waals surface area contributed by atoms with Crippen LogP contribution in [0.3, 0.4) is 0 Å². The third kappa shape index (κ3) is 8.09. The van der Waals surface area contributed by atoms with Crippen LogP contribution in [0.4, 0.5) is 0 Å². The second kappa shape index (κ2) is 4.81. The van der Waals surface area contributed by atoms with Crippen LogP contribution < -0.4 is 0 Å². The van der Waals surface area contributed by atoms with E-state index in [1.807, 2.05) is 4.90 Å². The Kier molecular flexibility index (Phi) is 4.63. The van der Waals surface area contributed by atoms with Crippen LogP contribution in [0.5, 0.6) is 0 Å². The van der Waals surface area contributed by atoms with Crippen LogP contribution in [-0.4, -0.2) is 24.4 Å². The maximum absolute atomic E-state index is 10.8. The second-order valence-electron chi connectivity index (χ2n) is 6.45. The molecule has 0 aromatic heterocycles. The first-order valence-electron chi connectivity index (χ1n) is 5.33. The summed E-state index contributed by atoms with van der Waals surface area (Å²) in [6.07, 6.45) is 2.03. The van der Waals surface area contributed by atoms with Gasteiger partial charge in [-0.15, -0.1) is 0 Å². The highest BCUT2D eigenvalue weighted by molar-refractivity contribution is 5.47. The van der Waals surface area contributed by atoms with Crippen molar-refractivity contribution in [3.8, 4) is 0 Å². The summed E-state index contributed by atoms with van der Waals surface area (Å²) in [4.78, 5) is 12.7. The molecule has 0 aliphatic heterocycles. The summed E-state index contributed by atoms with van der Waals surface area (Å²) in [6.45, 7) is 14.8. The van der Waals surface area contributed by atoms with Crippen molar-refractivity contribution < 1.29 is 4.79 Å². The lowest BCUT2D eigenvalue weighted by Gasteiger charge is -2.29. The minimum atomic E-state index is 0.193. The standard InChI is InChI=1S/C12H25NO/c1-11(2,3)7-8-13(10-14)9-12(4,5)6/h10H,7-9H2,1-6H3. The summed E-state index contributed by atoms with van der Waals surface area (Å²) in [6, 6.07) is 0. The smallest absolute Gasteiger partial charge is 0.209 e. The Morgan fingerprint density at radius 3 is 1.79 bits per heavy atom. The summed E-state index contributed by atoms with van der Waals surface area (Å²) in [5.41, 5.74) is 0.498. The predicted molar refractivity (Wildman–Crippen MR) is 61.2 cm³/mol. The zero-order valence-electron chi connectivity index (χ0n) is 10.6. The normalized spacial score (nSPS) is 12.7. The molecule has 0 rings (SSSR count). The Hall–Kier alpha value is -0.530. The van der Waals surface area contributed by atoms with E-state index in [1.54, 1.807) is 0 Å². The fourth-order valence-corrected chi connectivity index (χ4v) is 1.26. The van der Waals surface area contributed by atoms with Crippen molar-refractivity contribution in [2.45, 2.75) is 48.0 Å². The minimum Gasteiger partial charge on any atom is -0.345 e. The summed E-state index contributed by atoms with van der Waals surface area (Å²) in [5.74, 6) is 0. The summed E-state index contributed by atoms with van der Waals surface area (Å²) >= 11 is 0. The first-order valence-corrected chi connectivity index (χ1v) is 5.33. The fraction of sp³-hybridized carbons (Fsp3) is 0.917. The maximum atomic E-state index is 10.8.